The van der Waals surface area contributed by atoms with Gasteiger partial charge in [0.2, 0.25) is 0 Å². The molecule has 0 aliphatic carbocycles. The fraction of sp³-hybridized carbons (Fsp3) is 0.204. The zero-order chi connectivity index (χ0) is 38.6. The summed E-state index contributed by atoms with van der Waals surface area (Å²) in [6, 6.07) is 41.0. The van der Waals surface area contributed by atoms with E-state index in [2.05, 4.69) is 162 Å². The smallest absolute Gasteiger partial charge is 0.142 e. The Morgan fingerprint density at radius 3 is 2.09 bits per heavy atom. The maximum Gasteiger partial charge on any atom is 0.142 e. The number of aromatic nitrogens is 3. The Labute approximate surface area is 348 Å². The second kappa shape index (κ2) is 15.3. The van der Waals surface area contributed by atoms with Crippen LogP contribution in [0.4, 0.5) is 0 Å². The molecule has 9 rings (SSSR count). The van der Waals surface area contributed by atoms with Crippen molar-refractivity contribution in [2.75, 3.05) is 0 Å². The number of hydrogen-bond donors (Lipinski definition) is 0. The van der Waals surface area contributed by atoms with Crippen molar-refractivity contribution in [1.82, 2.24) is 15.0 Å². The van der Waals surface area contributed by atoms with Gasteiger partial charge < -0.3 is 14.4 Å². The Morgan fingerprint density at radius 2 is 1.38 bits per heavy atom. The van der Waals surface area contributed by atoms with Crippen LogP contribution in [-0.4, -0.2) is 23.0 Å². The Hall–Kier alpha value is -4.78. The molecule has 56 heavy (non-hydrogen) atoms. The van der Waals surface area contributed by atoms with Crippen molar-refractivity contribution in [3.05, 3.63) is 155 Å². The summed E-state index contributed by atoms with van der Waals surface area (Å²) in [4.78, 5) is 14.1. The molecule has 7 heteroatoms. The van der Waals surface area contributed by atoms with E-state index in [4.69, 9.17) is 14.4 Å². The molecule has 4 nitrogen and oxygen atoms in total. The third-order valence-corrected chi connectivity index (χ3v) is 14.0. The summed E-state index contributed by atoms with van der Waals surface area (Å²) in [5.41, 5.74) is 12.2. The average Bonchev–Trinajstić information content (AvgIpc) is 3.76. The van der Waals surface area contributed by atoms with Crippen LogP contribution >= 0.6 is 11.3 Å². The van der Waals surface area contributed by atoms with Gasteiger partial charge in [0.15, 0.2) is 0 Å². The molecule has 283 valence electrons. The average molecular weight is 944 g/mol. The summed E-state index contributed by atoms with van der Waals surface area (Å²) < 4.78 is 9.01. The molecule has 0 N–H and O–H groups in total. The summed E-state index contributed by atoms with van der Waals surface area (Å²) in [7, 11) is -1.32. The summed E-state index contributed by atoms with van der Waals surface area (Å²) in [6.07, 6.45) is 3.95. The Morgan fingerprint density at radius 1 is 0.679 bits per heavy atom. The summed E-state index contributed by atoms with van der Waals surface area (Å²) in [5, 5.41) is 6.30. The normalized spacial score (nSPS) is 11.9. The van der Waals surface area contributed by atoms with Crippen molar-refractivity contribution in [3.8, 4) is 22.5 Å². The van der Waals surface area contributed by atoms with Crippen molar-refractivity contribution < 1.29 is 24.5 Å². The van der Waals surface area contributed by atoms with E-state index in [1.54, 1.807) is 0 Å². The molecule has 0 amide bonds. The SMILES string of the molecule is Cc1c[c-]c(-c2ccc([Si](C)(C)C)cn2)c2sc3ccccc3c12.Cc1cc2c(oc3c(-c4cc(C(C)(C)c5ccccc5)ccn4)[c-]cc(C)c32)c(C)n1.[Ir]. The van der Waals surface area contributed by atoms with Gasteiger partial charge in [-0.3, -0.25) is 4.98 Å². The van der Waals surface area contributed by atoms with E-state index in [0.29, 0.717) is 0 Å². The number of hydrogen-bond acceptors (Lipinski definition) is 5. The Bertz CT molecular complexity index is 2870. The third-order valence-electron chi connectivity index (χ3n) is 10.8. The predicted molar refractivity (Wildman–Crippen MR) is 235 cm³/mol. The van der Waals surface area contributed by atoms with Crippen molar-refractivity contribution in [2.24, 2.45) is 0 Å². The second-order valence-corrected chi connectivity index (χ2v) is 22.3. The zero-order valence-electron chi connectivity index (χ0n) is 33.4. The van der Waals surface area contributed by atoms with Crippen LogP contribution in [0.2, 0.25) is 19.6 Å². The van der Waals surface area contributed by atoms with Crippen LogP contribution in [-0.2, 0) is 25.5 Å². The van der Waals surface area contributed by atoms with Crippen LogP contribution in [0.15, 0.2) is 114 Å². The van der Waals surface area contributed by atoms with Crippen molar-refractivity contribution in [3.63, 3.8) is 0 Å². The molecule has 0 unspecified atom stereocenters. The largest absolute Gasteiger partial charge is 0.499 e. The number of pyridine rings is 3. The number of aryl methyl sites for hydroxylation is 4. The van der Waals surface area contributed by atoms with E-state index in [-0.39, 0.29) is 25.5 Å². The number of rotatable bonds is 5. The molecule has 0 aliphatic heterocycles. The molecular weight excluding hydrogens is 899 g/mol. The van der Waals surface area contributed by atoms with Crippen LogP contribution in [0.25, 0.3) is 64.6 Å². The fourth-order valence-electron chi connectivity index (χ4n) is 7.57. The van der Waals surface area contributed by atoms with E-state index < -0.39 is 8.07 Å². The number of furan rings is 1. The van der Waals surface area contributed by atoms with E-state index in [1.165, 1.54) is 42.0 Å². The van der Waals surface area contributed by atoms with Gasteiger partial charge in [0, 0.05) is 53.7 Å². The minimum absolute atomic E-state index is 0. The van der Waals surface area contributed by atoms with Gasteiger partial charge in [0.05, 0.1) is 19.4 Å². The molecule has 0 spiro atoms. The van der Waals surface area contributed by atoms with Crippen LogP contribution in [0.5, 0.6) is 0 Å². The van der Waals surface area contributed by atoms with Crippen molar-refractivity contribution >= 4 is 66.7 Å². The van der Waals surface area contributed by atoms with E-state index in [1.807, 2.05) is 37.4 Å². The number of nitrogens with zero attached hydrogens (tertiary/aromatic N) is 3. The van der Waals surface area contributed by atoms with Gasteiger partial charge >= 0.3 is 0 Å². The predicted octanol–water partition coefficient (Wildman–Crippen LogP) is 12.9. The summed E-state index contributed by atoms with van der Waals surface area (Å²) >= 11 is 1.84. The van der Waals surface area contributed by atoms with Gasteiger partial charge in [-0.2, -0.15) is 11.3 Å². The molecule has 0 atom stereocenters. The number of fused-ring (bicyclic) bond motifs is 6. The topological polar surface area (TPSA) is 51.8 Å². The van der Waals surface area contributed by atoms with Gasteiger partial charge in [0.25, 0.3) is 0 Å². The molecule has 0 bridgehead atoms. The standard InChI is InChI=1S/C28H25N2O.C21H20NSSi.Ir/c1-17-11-12-22(27-25(17)23-15-18(2)30-19(3)26(23)31-27)24-16-21(13-14-29-24)28(4,5)20-9-7-6-8-10-20;1-14-9-11-16(18-12-10-15(13-22-18)24(2,3)4)21-20(14)17-7-5-6-8-19(17)23-21;/h6-11,13-16H,1-5H3;5-10,12-13H,1-4H3;/q2*-1;. The van der Waals surface area contributed by atoms with Crippen LogP contribution in [0.3, 0.4) is 0 Å². The first-order valence-corrected chi connectivity index (χ1v) is 23.2. The van der Waals surface area contributed by atoms with Gasteiger partial charge in [0.1, 0.15) is 5.58 Å². The zero-order valence-corrected chi connectivity index (χ0v) is 37.6. The van der Waals surface area contributed by atoms with Crippen LogP contribution in [0, 0.1) is 39.8 Å². The number of benzene rings is 4. The third kappa shape index (κ3) is 7.18. The fourth-order valence-corrected chi connectivity index (χ4v) is 9.89. The molecule has 0 saturated heterocycles. The van der Waals surface area contributed by atoms with E-state index >= 15 is 0 Å². The summed E-state index contributed by atoms with van der Waals surface area (Å²) in [6.45, 7) is 19.8. The quantitative estimate of drug-likeness (QED) is 0.127. The monoisotopic (exact) mass is 944 g/mol. The summed E-state index contributed by atoms with van der Waals surface area (Å²) in [5.74, 6) is 0. The van der Waals surface area contributed by atoms with Crippen molar-refractivity contribution in [2.45, 2.75) is 66.6 Å². The number of thiophene rings is 1. The maximum absolute atomic E-state index is 6.38. The molecule has 0 saturated carbocycles. The maximum atomic E-state index is 6.38. The van der Waals surface area contributed by atoms with Gasteiger partial charge in [-0.1, -0.05) is 130 Å². The molecule has 0 fully saturated rings. The minimum atomic E-state index is -1.32. The molecule has 1 radical (unpaired) electrons. The Kier molecular flexibility index (Phi) is 10.8. The van der Waals surface area contributed by atoms with Crippen LogP contribution in [0.1, 0.15) is 47.5 Å². The first kappa shape index (κ1) is 39.5. The first-order valence-electron chi connectivity index (χ1n) is 18.8. The van der Waals surface area contributed by atoms with Gasteiger partial charge in [-0.05, 0) is 69.8 Å². The second-order valence-electron chi connectivity index (χ2n) is 16.1. The molecular formula is C49H45IrN3OSSi-2. The van der Waals surface area contributed by atoms with E-state index in [9.17, 15) is 0 Å². The molecule has 9 aromatic rings. The molecule has 0 aliphatic rings. The van der Waals surface area contributed by atoms with Crippen molar-refractivity contribution in [1.29, 1.82) is 0 Å². The Balaban J connectivity index is 0.000000174. The molecule has 5 heterocycles. The molecule has 4 aromatic carbocycles. The van der Waals surface area contributed by atoms with Gasteiger partial charge in [-0.15, -0.1) is 41.0 Å². The van der Waals surface area contributed by atoms with Gasteiger partial charge in [-0.25, -0.2) is 0 Å². The molecule has 5 aromatic heterocycles. The first-order chi connectivity index (χ1) is 26.3. The van der Waals surface area contributed by atoms with Crippen LogP contribution < -0.4 is 5.19 Å². The minimum Gasteiger partial charge on any atom is -0.499 e. The van der Waals surface area contributed by atoms with E-state index in [0.717, 1.165) is 61.4 Å².